The highest BCUT2D eigenvalue weighted by molar-refractivity contribution is 4.76. The molecular formula is C19H40N. The summed E-state index contributed by atoms with van der Waals surface area (Å²) in [5.74, 6) is 0. The molecule has 1 heteroatoms. The van der Waals surface area contributed by atoms with Crippen molar-refractivity contribution in [3.05, 3.63) is 7.05 Å². The maximum Gasteiger partial charge on any atom is 0.0125 e. The van der Waals surface area contributed by atoms with Crippen LogP contribution in [0.25, 0.3) is 0 Å². The maximum absolute atomic E-state index is 3.79. The fourth-order valence-corrected chi connectivity index (χ4v) is 2.67. The maximum atomic E-state index is 3.79. The molecule has 121 valence electrons. The average Bonchev–Trinajstić information content (AvgIpc) is 2.44. The molecular weight excluding hydrogens is 242 g/mol. The second kappa shape index (κ2) is 13.9. The van der Waals surface area contributed by atoms with Gasteiger partial charge in [-0.25, -0.2) is 0 Å². The number of rotatable bonds is 15. The molecule has 0 saturated carbocycles. The van der Waals surface area contributed by atoms with Crippen molar-refractivity contribution in [2.45, 2.75) is 116 Å². The molecule has 0 aromatic carbocycles. The number of hydrogen-bond donors (Lipinski definition) is 1. The molecule has 1 nitrogen and oxygen atoms in total. The Hall–Kier alpha value is -0.0400. The molecule has 0 amide bonds. The molecule has 0 bridgehead atoms. The molecule has 0 aliphatic rings. The highest BCUT2D eigenvalue weighted by atomic mass is 14.9. The van der Waals surface area contributed by atoms with E-state index < -0.39 is 0 Å². The van der Waals surface area contributed by atoms with Crippen molar-refractivity contribution in [3.8, 4) is 0 Å². The molecule has 0 aromatic heterocycles. The minimum atomic E-state index is 0.220. The highest BCUT2D eigenvalue weighted by Gasteiger charge is 2.12. The Morgan fingerprint density at radius 3 is 1.35 bits per heavy atom. The molecule has 0 spiro atoms. The zero-order valence-electron chi connectivity index (χ0n) is 14.6. The Labute approximate surface area is 129 Å². The van der Waals surface area contributed by atoms with E-state index in [0.29, 0.717) is 0 Å². The van der Waals surface area contributed by atoms with Gasteiger partial charge in [-0.05, 0) is 20.3 Å². The van der Waals surface area contributed by atoms with Crippen LogP contribution in [-0.4, -0.2) is 5.54 Å². The Kier molecular flexibility index (Phi) is 13.9. The van der Waals surface area contributed by atoms with Crippen LogP contribution in [-0.2, 0) is 0 Å². The summed E-state index contributed by atoms with van der Waals surface area (Å²) in [5.41, 5.74) is 0.220. The van der Waals surface area contributed by atoms with E-state index >= 15 is 0 Å². The van der Waals surface area contributed by atoms with E-state index in [2.05, 4.69) is 33.1 Å². The van der Waals surface area contributed by atoms with E-state index in [1.807, 2.05) is 0 Å². The van der Waals surface area contributed by atoms with Crippen LogP contribution in [0, 0.1) is 7.05 Å². The zero-order chi connectivity index (χ0) is 15.1. The van der Waals surface area contributed by atoms with Gasteiger partial charge in [-0.2, -0.15) is 0 Å². The zero-order valence-corrected chi connectivity index (χ0v) is 14.6. The van der Waals surface area contributed by atoms with Crippen molar-refractivity contribution in [3.63, 3.8) is 0 Å². The van der Waals surface area contributed by atoms with Gasteiger partial charge in [-0.15, -0.1) is 0 Å². The first-order valence-electron chi connectivity index (χ1n) is 9.16. The van der Waals surface area contributed by atoms with Crippen LogP contribution in [0.2, 0.25) is 0 Å². The average molecular weight is 283 g/mol. The van der Waals surface area contributed by atoms with E-state index in [-0.39, 0.29) is 5.54 Å². The second-order valence-electron chi connectivity index (χ2n) is 7.05. The van der Waals surface area contributed by atoms with E-state index in [1.54, 1.807) is 0 Å². The molecule has 20 heavy (non-hydrogen) atoms. The van der Waals surface area contributed by atoms with Crippen LogP contribution < -0.4 is 5.32 Å². The number of hydrogen-bond acceptors (Lipinski definition) is 1. The van der Waals surface area contributed by atoms with Gasteiger partial charge in [0.2, 0.25) is 0 Å². The van der Waals surface area contributed by atoms with Crippen molar-refractivity contribution in [1.29, 1.82) is 0 Å². The number of unbranched alkanes of at least 4 members (excludes halogenated alkanes) is 12. The summed E-state index contributed by atoms with van der Waals surface area (Å²) < 4.78 is 0. The van der Waals surface area contributed by atoms with Crippen LogP contribution in [0.4, 0.5) is 0 Å². The predicted molar refractivity (Wildman–Crippen MR) is 92.9 cm³/mol. The van der Waals surface area contributed by atoms with Crippen molar-refractivity contribution in [1.82, 2.24) is 5.32 Å². The lowest BCUT2D eigenvalue weighted by molar-refractivity contribution is 0.385. The highest BCUT2D eigenvalue weighted by Crippen LogP contribution is 2.16. The molecule has 0 fully saturated rings. The van der Waals surface area contributed by atoms with Crippen LogP contribution in [0.1, 0.15) is 111 Å². The molecule has 0 atom stereocenters. The van der Waals surface area contributed by atoms with Crippen molar-refractivity contribution < 1.29 is 0 Å². The summed E-state index contributed by atoms with van der Waals surface area (Å²) in [4.78, 5) is 0. The van der Waals surface area contributed by atoms with Gasteiger partial charge in [-0.1, -0.05) is 90.4 Å². The van der Waals surface area contributed by atoms with Gasteiger partial charge in [-0.3, -0.25) is 0 Å². The van der Waals surface area contributed by atoms with Gasteiger partial charge in [0, 0.05) is 12.6 Å². The second-order valence-corrected chi connectivity index (χ2v) is 7.05. The molecule has 1 N–H and O–H groups in total. The Bertz CT molecular complexity index is 186. The monoisotopic (exact) mass is 282 g/mol. The standard InChI is InChI=1S/C19H40N/c1-5-6-7-8-9-10-11-12-13-14-15-16-17-18-19(2,3)20-4/h20H,4-18H2,1-3H3. The lowest BCUT2D eigenvalue weighted by atomic mass is 9.96. The molecule has 0 saturated heterocycles. The first kappa shape index (κ1) is 20.0. The van der Waals surface area contributed by atoms with Gasteiger partial charge < -0.3 is 5.32 Å². The third-order valence-electron chi connectivity index (χ3n) is 4.38. The largest absolute Gasteiger partial charge is 0.311 e. The van der Waals surface area contributed by atoms with Crippen LogP contribution in [0.5, 0.6) is 0 Å². The fraction of sp³-hybridized carbons (Fsp3) is 0.947. The smallest absolute Gasteiger partial charge is 0.0125 e. The minimum Gasteiger partial charge on any atom is -0.311 e. The summed E-state index contributed by atoms with van der Waals surface area (Å²) >= 11 is 0. The lowest BCUT2D eigenvalue weighted by Crippen LogP contribution is -2.34. The fourth-order valence-electron chi connectivity index (χ4n) is 2.67. The number of nitrogens with one attached hydrogen (secondary N) is 1. The molecule has 0 aromatic rings. The normalized spacial score (nSPS) is 12.0. The van der Waals surface area contributed by atoms with Gasteiger partial charge in [0.1, 0.15) is 0 Å². The summed E-state index contributed by atoms with van der Waals surface area (Å²) in [7, 11) is 3.79. The quantitative estimate of drug-likeness (QED) is 0.332. The van der Waals surface area contributed by atoms with E-state index in [9.17, 15) is 0 Å². The van der Waals surface area contributed by atoms with Crippen LogP contribution in [0.15, 0.2) is 0 Å². The Morgan fingerprint density at radius 1 is 0.650 bits per heavy atom. The summed E-state index contributed by atoms with van der Waals surface area (Å²) in [6, 6.07) is 0. The molecule has 0 aliphatic heterocycles. The van der Waals surface area contributed by atoms with Crippen LogP contribution in [0.3, 0.4) is 0 Å². The SMILES string of the molecule is [CH2]NC(C)(C)CCCCCCCCCCCCCCC. The van der Waals surface area contributed by atoms with E-state index in [4.69, 9.17) is 0 Å². The minimum absolute atomic E-state index is 0.220. The first-order chi connectivity index (χ1) is 9.62. The van der Waals surface area contributed by atoms with E-state index in [0.717, 1.165) is 0 Å². The predicted octanol–water partition coefficient (Wildman–Crippen LogP) is 6.63. The lowest BCUT2D eigenvalue weighted by Gasteiger charge is -2.23. The summed E-state index contributed by atoms with van der Waals surface area (Å²) in [6.07, 6.45) is 19.8. The third kappa shape index (κ3) is 14.4. The Balaban J connectivity index is 3.06. The summed E-state index contributed by atoms with van der Waals surface area (Å²) in [5, 5.41) is 3.13. The van der Waals surface area contributed by atoms with Crippen molar-refractivity contribution >= 4 is 0 Å². The van der Waals surface area contributed by atoms with Gasteiger partial charge in [0.05, 0.1) is 0 Å². The van der Waals surface area contributed by atoms with Crippen molar-refractivity contribution in [2.24, 2.45) is 0 Å². The van der Waals surface area contributed by atoms with Crippen molar-refractivity contribution in [2.75, 3.05) is 0 Å². The topological polar surface area (TPSA) is 12.0 Å². The summed E-state index contributed by atoms with van der Waals surface area (Å²) in [6.45, 7) is 6.76. The first-order valence-corrected chi connectivity index (χ1v) is 9.16. The molecule has 0 heterocycles. The van der Waals surface area contributed by atoms with Gasteiger partial charge in [0.25, 0.3) is 0 Å². The molecule has 0 aliphatic carbocycles. The molecule has 0 rings (SSSR count). The van der Waals surface area contributed by atoms with Gasteiger partial charge >= 0.3 is 0 Å². The third-order valence-corrected chi connectivity index (χ3v) is 4.38. The molecule has 0 unspecified atom stereocenters. The van der Waals surface area contributed by atoms with Gasteiger partial charge in [0.15, 0.2) is 0 Å². The van der Waals surface area contributed by atoms with E-state index in [1.165, 1.54) is 89.9 Å². The molecule has 1 radical (unpaired) electrons. The van der Waals surface area contributed by atoms with Crippen LogP contribution >= 0.6 is 0 Å². The Morgan fingerprint density at radius 2 is 1.00 bits per heavy atom.